The van der Waals surface area contributed by atoms with Crippen LogP contribution in [0.5, 0.6) is 11.5 Å². The first-order valence-electron chi connectivity index (χ1n) is 16.0. The second-order valence-corrected chi connectivity index (χ2v) is 15.1. The summed E-state index contributed by atoms with van der Waals surface area (Å²) >= 11 is 3.92. The average molecular weight is 639 g/mol. The molecular formula is C39H42O4S2. The highest BCUT2D eigenvalue weighted by Gasteiger charge is 2.46. The summed E-state index contributed by atoms with van der Waals surface area (Å²) in [6.07, 6.45) is 0. The van der Waals surface area contributed by atoms with E-state index in [2.05, 4.69) is 100 Å². The van der Waals surface area contributed by atoms with Gasteiger partial charge in [-0.15, -0.1) is 0 Å². The highest BCUT2D eigenvalue weighted by molar-refractivity contribution is 8.07. The van der Waals surface area contributed by atoms with Gasteiger partial charge in [-0.3, -0.25) is 0 Å². The molecule has 0 amide bonds. The number of ether oxygens (including phenoxy) is 4. The molecule has 3 aliphatic rings. The van der Waals surface area contributed by atoms with Crippen molar-refractivity contribution in [2.24, 2.45) is 0 Å². The normalized spacial score (nSPS) is 18.8. The van der Waals surface area contributed by atoms with Crippen molar-refractivity contribution in [2.75, 3.05) is 51.1 Å². The predicted octanol–water partition coefficient (Wildman–Crippen LogP) is 8.30. The number of aryl methyl sites for hydroxylation is 4. The lowest BCUT2D eigenvalue weighted by Crippen LogP contribution is -2.29. The summed E-state index contributed by atoms with van der Waals surface area (Å²) in [6.45, 7) is 12.7. The third-order valence-corrected chi connectivity index (χ3v) is 11.0. The highest BCUT2D eigenvalue weighted by Crippen LogP contribution is 2.57. The SMILES string of the molecule is Cc1cc(C2(c3cc(C)c(OCCOCC4CS4)c(C)c3)c3ccccc3-c3ccccc32)cc(C)c1OCCOCC1CS1. The summed E-state index contributed by atoms with van der Waals surface area (Å²) < 4.78 is 24.3. The molecule has 0 radical (unpaired) electrons. The first kappa shape index (κ1) is 30.7. The van der Waals surface area contributed by atoms with Gasteiger partial charge >= 0.3 is 0 Å². The molecule has 2 unspecified atom stereocenters. The Labute approximate surface area is 276 Å². The molecule has 0 N–H and O–H groups in total. The highest BCUT2D eigenvalue weighted by atomic mass is 32.2. The van der Waals surface area contributed by atoms with E-state index in [-0.39, 0.29) is 0 Å². The second kappa shape index (κ2) is 13.1. The minimum Gasteiger partial charge on any atom is -0.491 e. The molecular weight excluding hydrogens is 597 g/mol. The predicted molar refractivity (Wildman–Crippen MR) is 188 cm³/mol. The van der Waals surface area contributed by atoms with Crippen molar-refractivity contribution in [3.63, 3.8) is 0 Å². The summed E-state index contributed by atoms with van der Waals surface area (Å²) in [4.78, 5) is 0. The van der Waals surface area contributed by atoms with E-state index in [1.807, 2.05) is 23.5 Å². The third kappa shape index (κ3) is 6.15. The first-order chi connectivity index (χ1) is 22.0. The van der Waals surface area contributed by atoms with E-state index in [9.17, 15) is 0 Å². The van der Waals surface area contributed by atoms with Crippen molar-refractivity contribution in [1.82, 2.24) is 0 Å². The van der Waals surface area contributed by atoms with Crippen LogP contribution in [-0.2, 0) is 14.9 Å². The van der Waals surface area contributed by atoms with Gasteiger partial charge in [-0.1, -0.05) is 72.8 Å². The number of hydrogen-bond acceptors (Lipinski definition) is 6. The van der Waals surface area contributed by atoms with Gasteiger partial charge in [-0.05, 0) is 83.3 Å². The van der Waals surface area contributed by atoms with Gasteiger partial charge in [0.1, 0.15) is 24.7 Å². The van der Waals surface area contributed by atoms with Crippen LogP contribution in [0.25, 0.3) is 11.1 Å². The Balaban J connectivity index is 1.27. The molecule has 6 heteroatoms. The van der Waals surface area contributed by atoms with Crippen molar-refractivity contribution < 1.29 is 18.9 Å². The monoisotopic (exact) mass is 638 g/mol. The van der Waals surface area contributed by atoms with E-state index in [1.165, 1.54) is 44.9 Å². The fraction of sp³-hybridized carbons (Fsp3) is 0.385. The maximum atomic E-state index is 6.33. The molecule has 2 atom stereocenters. The molecule has 2 fully saturated rings. The molecule has 4 aromatic rings. The van der Waals surface area contributed by atoms with Crippen molar-refractivity contribution in [3.8, 4) is 22.6 Å². The summed E-state index contributed by atoms with van der Waals surface area (Å²) in [7, 11) is 0. The van der Waals surface area contributed by atoms with Crippen molar-refractivity contribution in [2.45, 2.75) is 43.6 Å². The quantitative estimate of drug-likeness (QED) is 0.0900. The standard InChI is InChI=1S/C39H42O4S2/c1-25-17-29(18-26(2)37(25)42-15-13-40-21-31-23-44-31)39(35-11-7-5-9-33(35)34-10-6-8-12-36(34)39)30-19-27(3)38(28(4)20-30)43-16-14-41-22-32-24-45-32/h5-12,17-20,31-32H,13-16,21-24H2,1-4H3. The van der Waals surface area contributed by atoms with E-state index < -0.39 is 5.41 Å². The Morgan fingerprint density at radius 2 is 0.956 bits per heavy atom. The second-order valence-electron chi connectivity index (χ2n) is 12.5. The van der Waals surface area contributed by atoms with Crippen molar-refractivity contribution in [3.05, 3.63) is 117 Å². The topological polar surface area (TPSA) is 36.9 Å². The lowest BCUT2D eigenvalue weighted by Gasteiger charge is -2.35. The number of hydrogen-bond donors (Lipinski definition) is 0. The lowest BCUT2D eigenvalue weighted by molar-refractivity contribution is 0.105. The average Bonchev–Trinajstić information content (AvgIpc) is 3.97. The van der Waals surface area contributed by atoms with Gasteiger partial charge in [0.25, 0.3) is 0 Å². The minimum absolute atomic E-state index is 0.481. The minimum atomic E-state index is -0.481. The van der Waals surface area contributed by atoms with Crippen LogP contribution in [0.1, 0.15) is 44.5 Å². The van der Waals surface area contributed by atoms with Crippen LogP contribution in [0.3, 0.4) is 0 Å². The van der Waals surface area contributed by atoms with E-state index in [4.69, 9.17) is 18.9 Å². The van der Waals surface area contributed by atoms with Crippen molar-refractivity contribution >= 4 is 23.5 Å². The maximum Gasteiger partial charge on any atom is 0.125 e. The van der Waals surface area contributed by atoms with Crippen LogP contribution in [-0.4, -0.2) is 61.6 Å². The van der Waals surface area contributed by atoms with Crippen LogP contribution in [0.15, 0.2) is 72.8 Å². The fourth-order valence-electron chi connectivity index (χ4n) is 6.98. The Morgan fingerprint density at radius 3 is 1.33 bits per heavy atom. The smallest absolute Gasteiger partial charge is 0.125 e. The number of fused-ring (bicyclic) bond motifs is 3. The Kier molecular flexibility index (Phi) is 8.93. The van der Waals surface area contributed by atoms with Gasteiger partial charge in [0, 0.05) is 22.0 Å². The molecule has 0 saturated carbocycles. The molecule has 2 aliphatic heterocycles. The van der Waals surface area contributed by atoms with Crippen LogP contribution < -0.4 is 9.47 Å². The molecule has 7 rings (SSSR count). The molecule has 0 spiro atoms. The van der Waals surface area contributed by atoms with Crippen LogP contribution in [0.2, 0.25) is 0 Å². The first-order valence-corrected chi connectivity index (χ1v) is 18.1. The molecule has 45 heavy (non-hydrogen) atoms. The van der Waals surface area contributed by atoms with Gasteiger partial charge in [0.05, 0.1) is 31.8 Å². The summed E-state index contributed by atoms with van der Waals surface area (Å²) in [6, 6.07) is 27.2. The number of benzene rings is 4. The van der Waals surface area contributed by atoms with Gasteiger partial charge in [-0.25, -0.2) is 0 Å². The Hall–Kier alpha value is -2.90. The summed E-state index contributed by atoms with van der Waals surface area (Å²) in [5, 5.41) is 1.36. The molecule has 2 saturated heterocycles. The van der Waals surface area contributed by atoms with E-state index in [0.717, 1.165) is 47.0 Å². The zero-order valence-corrected chi connectivity index (χ0v) is 28.3. The third-order valence-electron chi connectivity index (χ3n) is 9.10. The molecule has 0 bridgehead atoms. The Morgan fingerprint density at radius 1 is 0.578 bits per heavy atom. The number of rotatable bonds is 14. The molecule has 4 nitrogen and oxygen atoms in total. The van der Waals surface area contributed by atoms with Gasteiger partial charge < -0.3 is 18.9 Å². The van der Waals surface area contributed by atoms with Crippen LogP contribution in [0.4, 0.5) is 0 Å². The lowest BCUT2D eigenvalue weighted by atomic mass is 9.66. The molecule has 0 aromatic heterocycles. The van der Waals surface area contributed by atoms with Gasteiger partial charge in [-0.2, -0.15) is 23.5 Å². The molecule has 1 aliphatic carbocycles. The summed E-state index contributed by atoms with van der Waals surface area (Å²) in [5.74, 6) is 4.35. The largest absolute Gasteiger partial charge is 0.491 e. The zero-order valence-electron chi connectivity index (χ0n) is 26.7. The zero-order chi connectivity index (χ0) is 31.0. The fourth-order valence-corrected chi connectivity index (χ4v) is 7.83. The van der Waals surface area contributed by atoms with Crippen LogP contribution in [0, 0.1) is 27.7 Å². The van der Waals surface area contributed by atoms with E-state index >= 15 is 0 Å². The maximum absolute atomic E-state index is 6.33. The molecule has 4 aromatic carbocycles. The van der Waals surface area contributed by atoms with E-state index in [0.29, 0.717) is 36.9 Å². The number of thioether (sulfide) groups is 2. The van der Waals surface area contributed by atoms with Gasteiger partial charge in [0.15, 0.2) is 0 Å². The Bertz CT molecular complexity index is 1520. The van der Waals surface area contributed by atoms with Crippen LogP contribution >= 0.6 is 23.5 Å². The van der Waals surface area contributed by atoms with Gasteiger partial charge in [0.2, 0.25) is 0 Å². The molecule has 234 valence electrons. The van der Waals surface area contributed by atoms with Crippen molar-refractivity contribution in [1.29, 1.82) is 0 Å². The van der Waals surface area contributed by atoms with E-state index in [1.54, 1.807) is 0 Å². The molecule has 2 heterocycles. The summed E-state index contributed by atoms with van der Waals surface area (Å²) in [5.41, 5.74) is 11.8.